The summed E-state index contributed by atoms with van der Waals surface area (Å²) in [5, 5.41) is 3.37. The molecule has 96 valence electrons. The van der Waals surface area contributed by atoms with Crippen molar-refractivity contribution >= 4 is 5.69 Å². The summed E-state index contributed by atoms with van der Waals surface area (Å²) in [5.74, 6) is 0.564. The second-order valence-corrected chi connectivity index (χ2v) is 4.71. The standard InChI is InChI=1S/C15H24FN/c1-4-6-8-13(5-2)11-17-15-10-7-9-14(16)12(15)3/h7,9-10,13,17H,4-6,8,11H2,1-3H3. The lowest BCUT2D eigenvalue weighted by Crippen LogP contribution is -2.14. The van der Waals surface area contributed by atoms with Crippen LogP contribution in [0.1, 0.15) is 45.1 Å². The molecule has 0 aliphatic carbocycles. The predicted molar refractivity (Wildman–Crippen MR) is 72.9 cm³/mol. The van der Waals surface area contributed by atoms with Gasteiger partial charge >= 0.3 is 0 Å². The number of anilines is 1. The van der Waals surface area contributed by atoms with Crippen LogP contribution in [0.3, 0.4) is 0 Å². The fourth-order valence-electron chi connectivity index (χ4n) is 2.00. The third kappa shape index (κ3) is 4.37. The van der Waals surface area contributed by atoms with Gasteiger partial charge < -0.3 is 5.32 Å². The Morgan fingerprint density at radius 2 is 2.06 bits per heavy atom. The van der Waals surface area contributed by atoms with Crippen molar-refractivity contribution < 1.29 is 4.39 Å². The minimum atomic E-state index is -0.128. The van der Waals surface area contributed by atoms with Crippen LogP contribution in [0.15, 0.2) is 18.2 Å². The average molecular weight is 237 g/mol. The highest BCUT2D eigenvalue weighted by atomic mass is 19.1. The Morgan fingerprint density at radius 1 is 1.29 bits per heavy atom. The van der Waals surface area contributed by atoms with Gasteiger partial charge in [0.05, 0.1) is 0 Å². The molecule has 1 N–H and O–H groups in total. The highest BCUT2D eigenvalue weighted by molar-refractivity contribution is 5.50. The fourth-order valence-corrected chi connectivity index (χ4v) is 2.00. The molecule has 0 fully saturated rings. The second-order valence-electron chi connectivity index (χ2n) is 4.71. The second kappa shape index (κ2) is 7.31. The summed E-state index contributed by atoms with van der Waals surface area (Å²) in [6.07, 6.45) is 4.97. The van der Waals surface area contributed by atoms with E-state index in [9.17, 15) is 4.39 Å². The van der Waals surface area contributed by atoms with Gasteiger partial charge in [0.25, 0.3) is 0 Å². The summed E-state index contributed by atoms with van der Waals surface area (Å²) >= 11 is 0. The van der Waals surface area contributed by atoms with E-state index in [-0.39, 0.29) is 5.82 Å². The minimum absolute atomic E-state index is 0.128. The van der Waals surface area contributed by atoms with Crippen LogP contribution in [0.5, 0.6) is 0 Å². The molecule has 0 aliphatic rings. The van der Waals surface area contributed by atoms with Gasteiger partial charge in [-0.05, 0) is 31.4 Å². The zero-order valence-corrected chi connectivity index (χ0v) is 11.2. The number of hydrogen-bond acceptors (Lipinski definition) is 1. The molecular formula is C15H24FN. The molecule has 2 heteroatoms. The van der Waals surface area contributed by atoms with Crippen molar-refractivity contribution in [3.8, 4) is 0 Å². The SMILES string of the molecule is CCCCC(CC)CNc1cccc(F)c1C. The number of rotatable bonds is 7. The topological polar surface area (TPSA) is 12.0 Å². The summed E-state index contributed by atoms with van der Waals surface area (Å²) in [6, 6.07) is 5.22. The van der Waals surface area contributed by atoms with Crippen molar-refractivity contribution in [2.24, 2.45) is 5.92 Å². The zero-order chi connectivity index (χ0) is 12.7. The Balaban J connectivity index is 2.50. The third-order valence-electron chi connectivity index (χ3n) is 3.39. The zero-order valence-electron chi connectivity index (χ0n) is 11.2. The van der Waals surface area contributed by atoms with E-state index < -0.39 is 0 Å². The molecule has 1 atom stereocenters. The largest absolute Gasteiger partial charge is 0.384 e. The van der Waals surface area contributed by atoms with Gasteiger partial charge in [-0.25, -0.2) is 4.39 Å². The van der Waals surface area contributed by atoms with Gasteiger partial charge in [-0.3, -0.25) is 0 Å². The van der Waals surface area contributed by atoms with Crippen LogP contribution in [0, 0.1) is 18.7 Å². The van der Waals surface area contributed by atoms with Crippen molar-refractivity contribution in [2.75, 3.05) is 11.9 Å². The molecule has 1 aromatic carbocycles. The van der Waals surface area contributed by atoms with Crippen LogP contribution in [-0.4, -0.2) is 6.54 Å². The average Bonchev–Trinajstić information content (AvgIpc) is 2.34. The number of hydrogen-bond donors (Lipinski definition) is 1. The van der Waals surface area contributed by atoms with E-state index in [1.165, 1.54) is 31.7 Å². The van der Waals surface area contributed by atoms with Crippen molar-refractivity contribution in [3.05, 3.63) is 29.6 Å². The molecule has 17 heavy (non-hydrogen) atoms. The van der Waals surface area contributed by atoms with E-state index in [0.29, 0.717) is 5.92 Å². The highest BCUT2D eigenvalue weighted by Gasteiger charge is 2.07. The molecule has 1 aromatic rings. The lowest BCUT2D eigenvalue weighted by Gasteiger charge is -2.17. The molecule has 1 nitrogen and oxygen atoms in total. The summed E-state index contributed by atoms with van der Waals surface area (Å²) in [4.78, 5) is 0. The Labute approximate surface area is 104 Å². The Kier molecular flexibility index (Phi) is 6.03. The fraction of sp³-hybridized carbons (Fsp3) is 0.600. The smallest absolute Gasteiger partial charge is 0.128 e. The Morgan fingerprint density at radius 3 is 2.71 bits per heavy atom. The molecule has 1 unspecified atom stereocenters. The molecule has 0 aromatic heterocycles. The molecule has 0 spiro atoms. The molecule has 1 rings (SSSR count). The minimum Gasteiger partial charge on any atom is -0.384 e. The predicted octanol–water partition coefficient (Wildman–Crippen LogP) is 4.76. The summed E-state index contributed by atoms with van der Waals surface area (Å²) in [5.41, 5.74) is 1.65. The van der Waals surface area contributed by atoms with E-state index in [1.807, 2.05) is 13.0 Å². The van der Waals surface area contributed by atoms with Crippen molar-refractivity contribution in [1.82, 2.24) is 0 Å². The lowest BCUT2D eigenvalue weighted by atomic mass is 9.99. The van der Waals surface area contributed by atoms with Crippen LogP contribution in [-0.2, 0) is 0 Å². The normalized spacial score (nSPS) is 12.5. The van der Waals surface area contributed by atoms with Gasteiger partial charge in [0.1, 0.15) is 5.82 Å². The maximum Gasteiger partial charge on any atom is 0.128 e. The van der Waals surface area contributed by atoms with Crippen molar-refractivity contribution in [3.63, 3.8) is 0 Å². The molecule has 0 bridgehead atoms. The molecule has 0 radical (unpaired) electrons. The van der Waals surface area contributed by atoms with Crippen LogP contribution >= 0.6 is 0 Å². The van der Waals surface area contributed by atoms with E-state index in [0.717, 1.165) is 17.8 Å². The van der Waals surface area contributed by atoms with Crippen LogP contribution in [0.4, 0.5) is 10.1 Å². The number of unbranched alkanes of at least 4 members (excludes halogenated alkanes) is 1. The van der Waals surface area contributed by atoms with Crippen LogP contribution in [0.25, 0.3) is 0 Å². The Bertz CT molecular complexity index is 336. The van der Waals surface area contributed by atoms with Gasteiger partial charge in [0.2, 0.25) is 0 Å². The number of halogens is 1. The van der Waals surface area contributed by atoms with Crippen molar-refractivity contribution in [1.29, 1.82) is 0 Å². The first kappa shape index (κ1) is 14.0. The van der Waals surface area contributed by atoms with Gasteiger partial charge in [-0.15, -0.1) is 0 Å². The van der Waals surface area contributed by atoms with Gasteiger partial charge in [-0.1, -0.05) is 39.2 Å². The molecule has 0 saturated carbocycles. The van der Waals surface area contributed by atoms with E-state index in [1.54, 1.807) is 6.07 Å². The van der Waals surface area contributed by atoms with Crippen LogP contribution < -0.4 is 5.32 Å². The third-order valence-corrected chi connectivity index (χ3v) is 3.39. The lowest BCUT2D eigenvalue weighted by molar-refractivity contribution is 0.472. The highest BCUT2D eigenvalue weighted by Crippen LogP contribution is 2.19. The maximum absolute atomic E-state index is 13.3. The molecule has 0 saturated heterocycles. The number of benzene rings is 1. The van der Waals surface area contributed by atoms with E-state index in [4.69, 9.17) is 0 Å². The molecule has 0 aliphatic heterocycles. The van der Waals surface area contributed by atoms with Gasteiger partial charge in [0.15, 0.2) is 0 Å². The number of nitrogens with one attached hydrogen (secondary N) is 1. The summed E-state index contributed by atoms with van der Waals surface area (Å²) in [6.45, 7) is 7.21. The monoisotopic (exact) mass is 237 g/mol. The van der Waals surface area contributed by atoms with E-state index in [2.05, 4.69) is 19.2 Å². The molecular weight excluding hydrogens is 213 g/mol. The summed E-state index contributed by atoms with van der Waals surface area (Å²) in [7, 11) is 0. The van der Waals surface area contributed by atoms with Crippen LogP contribution in [0.2, 0.25) is 0 Å². The van der Waals surface area contributed by atoms with Gasteiger partial charge in [-0.2, -0.15) is 0 Å². The van der Waals surface area contributed by atoms with E-state index >= 15 is 0 Å². The Hall–Kier alpha value is -1.05. The summed E-state index contributed by atoms with van der Waals surface area (Å²) < 4.78 is 13.3. The first-order chi connectivity index (χ1) is 8.19. The van der Waals surface area contributed by atoms with Crippen molar-refractivity contribution in [2.45, 2.75) is 46.5 Å². The maximum atomic E-state index is 13.3. The first-order valence-electron chi connectivity index (χ1n) is 6.68. The first-order valence-corrected chi connectivity index (χ1v) is 6.68. The molecule has 0 amide bonds. The quantitative estimate of drug-likeness (QED) is 0.720. The molecule has 0 heterocycles. The van der Waals surface area contributed by atoms with Gasteiger partial charge in [0, 0.05) is 17.8 Å².